The molecule has 2 N–H and O–H groups in total. The Balaban J connectivity index is 1.45. The number of halogens is 2. The van der Waals surface area contributed by atoms with Gasteiger partial charge in [-0.05, 0) is 48.7 Å². The van der Waals surface area contributed by atoms with Gasteiger partial charge in [0.1, 0.15) is 23.5 Å². The minimum absolute atomic E-state index is 0.159. The summed E-state index contributed by atoms with van der Waals surface area (Å²) in [5.41, 5.74) is 1.01. The summed E-state index contributed by atoms with van der Waals surface area (Å²) in [7, 11) is 0. The number of aromatic nitrogens is 2. The molecule has 0 aliphatic carbocycles. The molecule has 1 unspecified atom stereocenters. The predicted molar refractivity (Wildman–Crippen MR) is 110 cm³/mol. The molecule has 1 aromatic heterocycles. The molecule has 30 heavy (non-hydrogen) atoms. The zero-order chi connectivity index (χ0) is 20.9. The molecule has 0 saturated carbocycles. The predicted octanol–water partition coefficient (Wildman–Crippen LogP) is 3.78. The zero-order valence-corrected chi connectivity index (χ0v) is 16.2. The Hall–Kier alpha value is -3.55. The number of benzene rings is 2. The Morgan fingerprint density at radius 1 is 1.13 bits per heavy atom. The van der Waals surface area contributed by atoms with E-state index in [1.807, 2.05) is 4.90 Å². The lowest BCUT2D eigenvalue weighted by Gasteiger charge is -2.24. The van der Waals surface area contributed by atoms with Crippen molar-refractivity contribution in [2.45, 2.75) is 25.4 Å². The molecule has 1 amide bonds. The Labute approximate surface area is 173 Å². The van der Waals surface area contributed by atoms with E-state index in [0.29, 0.717) is 36.0 Å². The fourth-order valence-electron chi connectivity index (χ4n) is 3.49. The molecule has 4 rings (SSSR count). The summed E-state index contributed by atoms with van der Waals surface area (Å²) < 4.78 is 27.2. The molecular formula is C22H21F2N5O. The third-order valence-electron chi connectivity index (χ3n) is 4.95. The SMILES string of the molecule is O=C(NCc1cccc(F)c1)C1CCCN1c1nccc(Nc2ccccc2F)n1. The van der Waals surface area contributed by atoms with Gasteiger partial charge in [0.25, 0.3) is 0 Å². The summed E-state index contributed by atoms with van der Waals surface area (Å²) in [6.07, 6.45) is 3.07. The second kappa shape index (κ2) is 8.86. The lowest BCUT2D eigenvalue weighted by molar-refractivity contribution is -0.122. The quantitative estimate of drug-likeness (QED) is 0.648. The third-order valence-corrected chi connectivity index (χ3v) is 4.95. The molecule has 1 aliphatic heterocycles. The third kappa shape index (κ3) is 4.53. The number of carbonyl (C=O) groups excluding carboxylic acids is 1. The van der Waals surface area contributed by atoms with Crippen LogP contribution < -0.4 is 15.5 Å². The van der Waals surface area contributed by atoms with Crippen molar-refractivity contribution in [2.75, 3.05) is 16.8 Å². The van der Waals surface area contributed by atoms with E-state index in [2.05, 4.69) is 20.6 Å². The van der Waals surface area contributed by atoms with Crippen molar-refractivity contribution in [3.05, 3.63) is 78.0 Å². The standard InChI is InChI=1S/C22H21F2N5O/c23-16-6-3-5-15(13-16)14-26-21(30)19-9-4-12-29(19)22-25-11-10-20(28-22)27-18-8-2-1-7-17(18)24/h1-3,5-8,10-11,13,19H,4,9,12,14H2,(H,26,30)(H,25,27,28). The second-order valence-electron chi connectivity index (χ2n) is 7.05. The first-order valence-electron chi connectivity index (χ1n) is 9.73. The van der Waals surface area contributed by atoms with Gasteiger partial charge in [0.15, 0.2) is 0 Å². The molecule has 6 nitrogen and oxygen atoms in total. The average molecular weight is 409 g/mol. The molecule has 1 fully saturated rings. The van der Waals surface area contributed by atoms with E-state index in [-0.39, 0.29) is 24.1 Å². The molecule has 1 aliphatic rings. The van der Waals surface area contributed by atoms with Crippen molar-refractivity contribution < 1.29 is 13.6 Å². The minimum atomic E-state index is -0.415. The van der Waals surface area contributed by atoms with Gasteiger partial charge >= 0.3 is 0 Å². The molecule has 0 radical (unpaired) electrons. The number of carbonyl (C=O) groups is 1. The number of para-hydroxylation sites is 1. The maximum Gasteiger partial charge on any atom is 0.243 e. The van der Waals surface area contributed by atoms with Gasteiger partial charge in [0.2, 0.25) is 11.9 Å². The first-order valence-corrected chi connectivity index (χ1v) is 9.73. The fourth-order valence-corrected chi connectivity index (χ4v) is 3.49. The van der Waals surface area contributed by atoms with E-state index in [9.17, 15) is 13.6 Å². The van der Waals surface area contributed by atoms with Crippen LogP contribution in [0.2, 0.25) is 0 Å². The Morgan fingerprint density at radius 3 is 2.83 bits per heavy atom. The van der Waals surface area contributed by atoms with Gasteiger partial charge in [0.05, 0.1) is 5.69 Å². The molecule has 0 bridgehead atoms. The normalized spacial score (nSPS) is 15.8. The number of nitrogens with one attached hydrogen (secondary N) is 2. The van der Waals surface area contributed by atoms with Gasteiger partial charge in [-0.3, -0.25) is 4.79 Å². The van der Waals surface area contributed by atoms with Crippen LogP contribution in [0.1, 0.15) is 18.4 Å². The van der Waals surface area contributed by atoms with E-state index in [0.717, 1.165) is 6.42 Å². The summed E-state index contributed by atoms with van der Waals surface area (Å²) in [4.78, 5) is 23.3. The van der Waals surface area contributed by atoms with Crippen LogP contribution in [-0.4, -0.2) is 28.5 Å². The van der Waals surface area contributed by atoms with Crippen LogP contribution in [0.3, 0.4) is 0 Å². The first kappa shape index (κ1) is 19.8. The molecule has 2 heterocycles. The van der Waals surface area contributed by atoms with Gasteiger partial charge in [-0.25, -0.2) is 13.8 Å². The summed E-state index contributed by atoms with van der Waals surface area (Å²) in [6, 6.07) is 13.7. The molecule has 154 valence electrons. The zero-order valence-electron chi connectivity index (χ0n) is 16.2. The monoisotopic (exact) mass is 409 g/mol. The average Bonchev–Trinajstić information content (AvgIpc) is 3.24. The van der Waals surface area contributed by atoms with Crippen molar-refractivity contribution in [1.82, 2.24) is 15.3 Å². The van der Waals surface area contributed by atoms with E-state index >= 15 is 0 Å². The molecule has 8 heteroatoms. The van der Waals surface area contributed by atoms with E-state index < -0.39 is 6.04 Å². The van der Waals surface area contributed by atoms with E-state index in [1.54, 1.807) is 42.6 Å². The Morgan fingerprint density at radius 2 is 2.00 bits per heavy atom. The fraction of sp³-hybridized carbons (Fsp3) is 0.227. The largest absolute Gasteiger partial charge is 0.350 e. The smallest absolute Gasteiger partial charge is 0.243 e. The van der Waals surface area contributed by atoms with Gasteiger partial charge in [0, 0.05) is 19.3 Å². The molecule has 1 saturated heterocycles. The van der Waals surface area contributed by atoms with Crippen LogP contribution in [0.15, 0.2) is 60.8 Å². The lowest BCUT2D eigenvalue weighted by atomic mass is 10.2. The van der Waals surface area contributed by atoms with Crippen LogP contribution in [0.4, 0.5) is 26.2 Å². The van der Waals surface area contributed by atoms with Crippen LogP contribution in [0, 0.1) is 11.6 Å². The van der Waals surface area contributed by atoms with Gasteiger partial charge in [-0.1, -0.05) is 24.3 Å². The highest BCUT2D eigenvalue weighted by atomic mass is 19.1. The minimum Gasteiger partial charge on any atom is -0.350 e. The topological polar surface area (TPSA) is 70.2 Å². The lowest BCUT2D eigenvalue weighted by Crippen LogP contribution is -2.43. The summed E-state index contributed by atoms with van der Waals surface area (Å²) >= 11 is 0. The molecule has 1 atom stereocenters. The maximum atomic E-state index is 13.9. The first-order chi connectivity index (χ1) is 14.6. The number of anilines is 3. The van der Waals surface area contributed by atoms with Crippen molar-refractivity contribution >= 4 is 23.4 Å². The summed E-state index contributed by atoms with van der Waals surface area (Å²) in [6.45, 7) is 0.887. The maximum absolute atomic E-state index is 13.9. The summed E-state index contributed by atoms with van der Waals surface area (Å²) in [5.74, 6) is -0.0336. The second-order valence-corrected chi connectivity index (χ2v) is 7.05. The van der Waals surface area contributed by atoms with E-state index in [1.165, 1.54) is 18.2 Å². The van der Waals surface area contributed by atoms with Crippen molar-refractivity contribution in [3.8, 4) is 0 Å². The Bertz CT molecular complexity index is 1050. The molecule has 2 aromatic carbocycles. The van der Waals surface area contributed by atoms with Gasteiger partial charge < -0.3 is 15.5 Å². The van der Waals surface area contributed by atoms with Crippen molar-refractivity contribution in [1.29, 1.82) is 0 Å². The van der Waals surface area contributed by atoms with Crippen LogP contribution in [0.25, 0.3) is 0 Å². The molecular weight excluding hydrogens is 388 g/mol. The number of hydrogen-bond donors (Lipinski definition) is 2. The molecule has 3 aromatic rings. The van der Waals surface area contributed by atoms with Gasteiger partial charge in [-0.2, -0.15) is 4.98 Å². The van der Waals surface area contributed by atoms with Crippen LogP contribution >= 0.6 is 0 Å². The van der Waals surface area contributed by atoms with Crippen molar-refractivity contribution in [3.63, 3.8) is 0 Å². The number of hydrogen-bond acceptors (Lipinski definition) is 5. The van der Waals surface area contributed by atoms with E-state index in [4.69, 9.17) is 0 Å². The summed E-state index contributed by atoms with van der Waals surface area (Å²) in [5, 5.41) is 5.80. The van der Waals surface area contributed by atoms with Crippen molar-refractivity contribution in [2.24, 2.45) is 0 Å². The number of rotatable bonds is 6. The molecule has 0 spiro atoms. The number of amides is 1. The van der Waals surface area contributed by atoms with Crippen LogP contribution in [0.5, 0.6) is 0 Å². The Kier molecular flexibility index (Phi) is 5.83. The highest BCUT2D eigenvalue weighted by Crippen LogP contribution is 2.25. The number of nitrogens with zero attached hydrogens (tertiary/aromatic N) is 3. The highest BCUT2D eigenvalue weighted by molar-refractivity contribution is 5.85. The van der Waals surface area contributed by atoms with Gasteiger partial charge in [-0.15, -0.1) is 0 Å². The highest BCUT2D eigenvalue weighted by Gasteiger charge is 2.32. The van der Waals surface area contributed by atoms with Crippen LogP contribution in [-0.2, 0) is 11.3 Å².